The Hall–Kier alpha value is -3.31. The lowest BCUT2D eigenvalue weighted by Crippen LogP contribution is -2.10. The number of halogens is 2. The number of nitriles is 1. The Kier molecular flexibility index (Phi) is 5.70. The molecule has 0 aliphatic carbocycles. The van der Waals surface area contributed by atoms with Crippen LogP contribution in [0.3, 0.4) is 0 Å². The fourth-order valence-corrected chi connectivity index (χ4v) is 4.44. The van der Waals surface area contributed by atoms with E-state index in [4.69, 9.17) is 31.8 Å². The van der Waals surface area contributed by atoms with Gasteiger partial charge in [0.2, 0.25) is 5.89 Å². The summed E-state index contributed by atoms with van der Waals surface area (Å²) in [5.74, 6) is -0.0624. The minimum Gasteiger partial charge on any atom is -0.435 e. The van der Waals surface area contributed by atoms with Gasteiger partial charge in [0.25, 0.3) is 0 Å². The fraction of sp³-hybridized carbons (Fsp3) is 0. The lowest BCUT2D eigenvalue weighted by molar-refractivity contribution is 0.486. The minimum atomic E-state index is -4.12. The summed E-state index contributed by atoms with van der Waals surface area (Å²) in [6.07, 6.45) is 1.48. The number of benzene rings is 3. The molecule has 6 nitrogen and oxygen atoms in total. The maximum absolute atomic E-state index is 12.5. The molecule has 0 N–H and O–H groups in total. The van der Waals surface area contributed by atoms with Crippen molar-refractivity contribution in [3.63, 3.8) is 0 Å². The smallest absolute Gasteiger partial charge is 0.339 e. The highest BCUT2D eigenvalue weighted by Gasteiger charge is 2.21. The number of nitrogens with zero attached hydrogens (tertiary/aromatic N) is 2. The summed E-state index contributed by atoms with van der Waals surface area (Å²) in [5.41, 5.74) is 1.75. The third kappa shape index (κ3) is 4.42. The SMILES string of the molecule is N#C/C(=C\c1cc(Cl)c(OS(=O)(=O)c2ccccc2)c(Cl)c1)c1nc2ccccc2o1. The van der Waals surface area contributed by atoms with Crippen LogP contribution >= 0.6 is 23.2 Å². The van der Waals surface area contributed by atoms with Crippen LogP contribution in [0.4, 0.5) is 0 Å². The molecule has 0 radical (unpaired) electrons. The first-order valence-electron chi connectivity index (χ1n) is 8.84. The second-order valence-corrected chi connectivity index (χ2v) is 8.68. The quantitative estimate of drug-likeness (QED) is 0.263. The van der Waals surface area contributed by atoms with Crippen LogP contribution in [0.2, 0.25) is 10.0 Å². The van der Waals surface area contributed by atoms with Crippen molar-refractivity contribution < 1.29 is 17.0 Å². The highest BCUT2D eigenvalue weighted by atomic mass is 35.5. The summed E-state index contributed by atoms with van der Waals surface area (Å²) in [4.78, 5) is 4.26. The van der Waals surface area contributed by atoms with Crippen molar-refractivity contribution in [3.8, 4) is 11.8 Å². The van der Waals surface area contributed by atoms with E-state index >= 15 is 0 Å². The van der Waals surface area contributed by atoms with Crippen molar-refractivity contribution in [1.82, 2.24) is 4.98 Å². The van der Waals surface area contributed by atoms with Crippen LogP contribution in [-0.2, 0) is 10.1 Å². The van der Waals surface area contributed by atoms with Gasteiger partial charge in [-0.15, -0.1) is 0 Å². The van der Waals surface area contributed by atoms with Gasteiger partial charge in [-0.3, -0.25) is 0 Å². The second kappa shape index (κ2) is 8.44. The summed E-state index contributed by atoms with van der Waals surface area (Å²) < 4.78 is 35.7. The number of allylic oxidation sites excluding steroid dienone is 1. The summed E-state index contributed by atoms with van der Waals surface area (Å²) >= 11 is 12.5. The predicted molar refractivity (Wildman–Crippen MR) is 118 cm³/mol. The molecular formula is C22H12Cl2N2O4S. The first-order valence-corrected chi connectivity index (χ1v) is 11.0. The normalized spacial score (nSPS) is 12.0. The zero-order valence-corrected chi connectivity index (χ0v) is 17.9. The standard InChI is InChI=1S/C22H12Cl2N2O4S/c23-17-11-14(10-15(13-25)22-26-19-8-4-5-9-20(19)29-22)12-18(24)21(17)30-31(27,28)16-6-2-1-3-7-16/h1-12H/b15-10+. The molecule has 1 heterocycles. The molecule has 0 spiro atoms. The summed E-state index contributed by atoms with van der Waals surface area (Å²) in [6, 6.07) is 19.6. The second-order valence-electron chi connectivity index (χ2n) is 6.32. The number of hydrogen-bond acceptors (Lipinski definition) is 6. The van der Waals surface area contributed by atoms with E-state index in [1.807, 2.05) is 12.1 Å². The van der Waals surface area contributed by atoms with Crippen LogP contribution in [0.15, 0.2) is 76.0 Å². The molecule has 0 atom stereocenters. The average Bonchev–Trinajstić information content (AvgIpc) is 3.19. The molecule has 9 heteroatoms. The van der Waals surface area contributed by atoms with Crippen molar-refractivity contribution in [1.29, 1.82) is 5.26 Å². The Morgan fingerprint density at radius 2 is 1.68 bits per heavy atom. The molecule has 0 bridgehead atoms. The van der Waals surface area contributed by atoms with E-state index in [-0.39, 0.29) is 32.2 Å². The maximum atomic E-state index is 12.5. The van der Waals surface area contributed by atoms with Gasteiger partial charge in [-0.05, 0) is 48.0 Å². The van der Waals surface area contributed by atoms with E-state index in [9.17, 15) is 13.7 Å². The van der Waals surface area contributed by atoms with Crippen LogP contribution in [-0.4, -0.2) is 13.4 Å². The van der Waals surface area contributed by atoms with E-state index in [0.29, 0.717) is 16.7 Å². The maximum Gasteiger partial charge on any atom is 0.339 e. The predicted octanol–water partition coefficient (Wildman–Crippen LogP) is 5.97. The molecule has 4 rings (SSSR count). The molecule has 3 aromatic carbocycles. The number of aromatic nitrogens is 1. The van der Waals surface area contributed by atoms with E-state index in [0.717, 1.165) is 0 Å². The Morgan fingerprint density at radius 1 is 1.03 bits per heavy atom. The van der Waals surface area contributed by atoms with Gasteiger partial charge in [-0.2, -0.15) is 13.7 Å². The van der Waals surface area contributed by atoms with Crippen LogP contribution in [0.1, 0.15) is 11.5 Å². The molecule has 0 saturated carbocycles. The van der Waals surface area contributed by atoms with E-state index in [1.54, 1.807) is 36.4 Å². The molecular weight excluding hydrogens is 459 g/mol. The minimum absolute atomic E-state index is 0.0335. The molecule has 0 unspecified atom stereocenters. The van der Waals surface area contributed by atoms with Crippen LogP contribution in [0.5, 0.6) is 5.75 Å². The van der Waals surface area contributed by atoms with E-state index in [2.05, 4.69) is 4.98 Å². The largest absolute Gasteiger partial charge is 0.435 e. The molecule has 0 aliphatic rings. The molecule has 1 aromatic heterocycles. The topological polar surface area (TPSA) is 93.2 Å². The van der Waals surface area contributed by atoms with Gasteiger partial charge in [0, 0.05) is 0 Å². The van der Waals surface area contributed by atoms with Crippen molar-refractivity contribution >= 4 is 56.1 Å². The first-order chi connectivity index (χ1) is 14.9. The van der Waals surface area contributed by atoms with Crippen LogP contribution < -0.4 is 4.18 Å². The number of para-hydroxylation sites is 2. The van der Waals surface area contributed by atoms with Gasteiger partial charge in [0.1, 0.15) is 22.1 Å². The average molecular weight is 471 g/mol. The Bertz CT molecular complexity index is 1400. The zero-order valence-electron chi connectivity index (χ0n) is 15.6. The van der Waals surface area contributed by atoms with Gasteiger partial charge in [-0.1, -0.05) is 53.5 Å². The highest BCUT2D eigenvalue weighted by Crippen LogP contribution is 2.37. The lowest BCUT2D eigenvalue weighted by atomic mass is 10.1. The number of rotatable bonds is 5. The van der Waals surface area contributed by atoms with E-state index < -0.39 is 10.1 Å². The van der Waals surface area contributed by atoms with Crippen molar-refractivity contribution in [2.75, 3.05) is 0 Å². The molecule has 0 aliphatic heterocycles. The van der Waals surface area contributed by atoms with Crippen molar-refractivity contribution in [3.05, 3.63) is 88.2 Å². The summed E-state index contributed by atoms with van der Waals surface area (Å²) in [6.45, 7) is 0. The Labute approximate surface area is 188 Å². The molecule has 0 fully saturated rings. The van der Waals surface area contributed by atoms with Gasteiger partial charge in [0.15, 0.2) is 11.3 Å². The molecule has 31 heavy (non-hydrogen) atoms. The van der Waals surface area contributed by atoms with E-state index in [1.165, 1.54) is 30.3 Å². The Balaban J connectivity index is 1.68. The Morgan fingerprint density at radius 3 is 2.32 bits per heavy atom. The van der Waals surface area contributed by atoms with Crippen molar-refractivity contribution in [2.24, 2.45) is 0 Å². The van der Waals surface area contributed by atoms with Gasteiger partial charge >= 0.3 is 10.1 Å². The third-order valence-electron chi connectivity index (χ3n) is 4.20. The number of fused-ring (bicyclic) bond motifs is 1. The number of hydrogen-bond donors (Lipinski definition) is 0. The van der Waals surface area contributed by atoms with Crippen LogP contribution in [0, 0.1) is 11.3 Å². The van der Waals surface area contributed by atoms with Gasteiger partial charge in [0.05, 0.1) is 10.0 Å². The number of oxazole rings is 1. The van der Waals surface area contributed by atoms with Gasteiger partial charge < -0.3 is 8.60 Å². The van der Waals surface area contributed by atoms with Crippen LogP contribution in [0.25, 0.3) is 22.7 Å². The molecule has 0 saturated heterocycles. The lowest BCUT2D eigenvalue weighted by Gasteiger charge is -2.11. The fourth-order valence-electron chi connectivity index (χ4n) is 2.78. The van der Waals surface area contributed by atoms with Crippen molar-refractivity contribution in [2.45, 2.75) is 4.90 Å². The molecule has 154 valence electrons. The molecule has 0 amide bonds. The summed E-state index contributed by atoms with van der Waals surface area (Å²) in [7, 11) is -4.12. The monoisotopic (exact) mass is 470 g/mol. The molecule has 4 aromatic rings. The van der Waals surface area contributed by atoms with Gasteiger partial charge in [-0.25, -0.2) is 4.98 Å². The summed E-state index contributed by atoms with van der Waals surface area (Å²) in [5, 5.41) is 9.48. The third-order valence-corrected chi connectivity index (χ3v) is 6.00. The zero-order chi connectivity index (χ0) is 22.0. The highest BCUT2D eigenvalue weighted by molar-refractivity contribution is 7.87. The first kappa shape index (κ1) is 20.9.